The first-order valence-electron chi connectivity index (χ1n) is 7.38. The molecule has 0 radical (unpaired) electrons. The first-order chi connectivity index (χ1) is 9.33. The molecule has 1 fully saturated rings. The summed E-state index contributed by atoms with van der Waals surface area (Å²) in [5, 5.41) is 12.5. The highest BCUT2D eigenvalue weighted by Crippen LogP contribution is 2.24. The van der Waals surface area contributed by atoms with E-state index in [1.165, 1.54) is 25.7 Å². The van der Waals surface area contributed by atoms with E-state index in [2.05, 4.69) is 28.2 Å². The molecule has 1 aromatic heterocycles. The molecule has 0 aromatic carbocycles. The fourth-order valence-electron chi connectivity index (χ4n) is 2.84. The van der Waals surface area contributed by atoms with Gasteiger partial charge in [-0.15, -0.1) is 0 Å². The number of nitrogens with zero attached hydrogens (tertiary/aromatic N) is 2. The van der Waals surface area contributed by atoms with Crippen molar-refractivity contribution in [2.24, 2.45) is 0 Å². The topological polar surface area (TPSA) is 48.4 Å². The molecule has 1 aliphatic carbocycles. The quantitative estimate of drug-likeness (QED) is 0.792. The van der Waals surface area contributed by atoms with E-state index in [-0.39, 0.29) is 6.61 Å². The number of rotatable bonds is 7. The molecule has 2 rings (SSSR count). The third-order valence-corrected chi connectivity index (χ3v) is 3.76. The van der Waals surface area contributed by atoms with Crippen LogP contribution in [-0.4, -0.2) is 40.7 Å². The maximum Gasteiger partial charge on any atom is 0.126 e. The standard InChI is InChI=1S/C15H25N3O/c1-2-16-15-9-5-6-13(17-15)12-18(10-11-19)14-7-3-4-8-14/h5-6,9,14,19H,2-4,7-8,10-12H2,1H3,(H,16,17). The van der Waals surface area contributed by atoms with Crippen LogP contribution in [0.2, 0.25) is 0 Å². The molecule has 1 saturated carbocycles. The first-order valence-corrected chi connectivity index (χ1v) is 7.38. The maximum atomic E-state index is 9.24. The van der Waals surface area contributed by atoms with Gasteiger partial charge in [-0.25, -0.2) is 4.98 Å². The lowest BCUT2D eigenvalue weighted by Gasteiger charge is -2.27. The highest BCUT2D eigenvalue weighted by molar-refractivity contribution is 5.34. The summed E-state index contributed by atoms with van der Waals surface area (Å²) in [7, 11) is 0. The Hall–Kier alpha value is -1.13. The fourth-order valence-corrected chi connectivity index (χ4v) is 2.84. The van der Waals surface area contributed by atoms with Crippen molar-refractivity contribution in [3.8, 4) is 0 Å². The number of pyridine rings is 1. The molecule has 4 nitrogen and oxygen atoms in total. The summed E-state index contributed by atoms with van der Waals surface area (Å²) in [4.78, 5) is 7.00. The lowest BCUT2D eigenvalue weighted by molar-refractivity contribution is 0.143. The van der Waals surface area contributed by atoms with Crippen molar-refractivity contribution in [3.05, 3.63) is 23.9 Å². The average molecular weight is 263 g/mol. The predicted octanol–water partition coefficient (Wildman–Crippen LogP) is 2.25. The van der Waals surface area contributed by atoms with Gasteiger partial charge in [0.1, 0.15) is 5.82 Å². The Morgan fingerprint density at radius 1 is 1.37 bits per heavy atom. The van der Waals surface area contributed by atoms with Gasteiger partial charge in [0, 0.05) is 25.7 Å². The van der Waals surface area contributed by atoms with Crippen LogP contribution in [0.5, 0.6) is 0 Å². The summed E-state index contributed by atoms with van der Waals surface area (Å²) in [6.07, 6.45) is 5.15. The van der Waals surface area contributed by atoms with Crippen molar-refractivity contribution in [1.29, 1.82) is 0 Å². The second kappa shape index (κ2) is 7.46. The number of aliphatic hydroxyl groups excluding tert-OH is 1. The minimum absolute atomic E-state index is 0.226. The molecule has 0 amide bonds. The van der Waals surface area contributed by atoms with E-state index in [0.29, 0.717) is 6.04 Å². The second-order valence-corrected chi connectivity index (χ2v) is 5.18. The van der Waals surface area contributed by atoms with E-state index in [1.54, 1.807) is 0 Å². The van der Waals surface area contributed by atoms with Gasteiger partial charge in [-0.05, 0) is 31.9 Å². The largest absolute Gasteiger partial charge is 0.395 e. The molecule has 106 valence electrons. The molecule has 1 aromatic rings. The molecule has 0 aliphatic heterocycles. The van der Waals surface area contributed by atoms with E-state index in [4.69, 9.17) is 0 Å². The Morgan fingerprint density at radius 2 is 2.16 bits per heavy atom. The second-order valence-electron chi connectivity index (χ2n) is 5.18. The van der Waals surface area contributed by atoms with Crippen LogP contribution < -0.4 is 5.32 Å². The molecule has 1 heterocycles. The van der Waals surface area contributed by atoms with Crippen LogP contribution in [0.4, 0.5) is 5.82 Å². The number of nitrogens with one attached hydrogen (secondary N) is 1. The highest BCUT2D eigenvalue weighted by atomic mass is 16.3. The fraction of sp³-hybridized carbons (Fsp3) is 0.667. The van der Waals surface area contributed by atoms with E-state index in [9.17, 15) is 5.11 Å². The van der Waals surface area contributed by atoms with Gasteiger partial charge >= 0.3 is 0 Å². The first kappa shape index (κ1) is 14.3. The van der Waals surface area contributed by atoms with Crippen LogP contribution in [0, 0.1) is 0 Å². The molecule has 2 N–H and O–H groups in total. The minimum Gasteiger partial charge on any atom is -0.395 e. The van der Waals surface area contributed by atoms with E-state index < -0.39 is 0 Å². The van der Waals surface area contributed by atoms with Crippen LogP contribution in [0.3, 0.4) is 0 Å². The zero-order valence-electron chi connectivity index (χ0n) is 11.8. The van der Waals surface area contributed by atoms with E-state index in [1.807, 2.05) is 12.1 Å². The summed E-state index contributed by atoms with van der Waals surface area (Å²) >= 11 is 0. The van der Waals surface area contributed by atoms with Crippen molar-refractivity contribution >= 4 is 5.82 Å². The molecule has 0 saturated heterocycles. The van der Waals surface area contributed by atoms with Crippen LogP contribution in [0.15, 0.2) is 18.2 Å². The Kier molecular flexibility index (Phi) is 5.61. The Labute approximate surface area is 115 Å². The zero-order chi connectivity index (χ0) is 13.5. The lowest BCUT2D eigenvalue weighted by atomic mass is 10.2. The van der Waals surface area contributed by atoms with Crippen LogP contribution in [-0.2, 0) is 6.54 Å². The monoisotopic (exact) mass is 263 g/mol. The average Bonchev–Trinajstić information content (AvgIpc) is 2.93. The molecular formula is C15H25N3O. The number of hydrogen-bond donors (Lipinski definition) is 2. The normalized spacial score (nSPS) is 16.2. The highest BCUT2D eigenvalue weighted by Gasteiger charge is 2.22. The predicted molar refractivity (Wildman–Crippen MR) is 78.2 cm³/mol. The maximum absolute atomic E-state index is 9.24. The van der Waals surface area contributed by atoms with E-state index in [0.717, 1.165) is 31.1 Å². The number of aliphatic hydroxyl groups is 1. The Morgan fingerprint density at radius 3 is 2.84 bits per heavy atom. The molecule has 0 atom stereocenters. The Balaban J connectivity index is 2.01. The van der Waals surface area contributed by atoms with Gasteiger partial charge in [0.05, 0.1) is 12.3 Å². The SMILES string of the molecule is CCNc1cccc(CN(CCO)C2CCCC2)n1. The molecule has 0 unspecified atom stereocenters. The van der Waals surface area contributed by atoms with Crippen molar-refractivity contribution < 1.29 is 5.11 Å². The number of hydrogen-bond acceptors (Lipinski definition) is 4. The van der Waals surface area contributed by atoms with Gasteiger partial charge in [-0.3, -0.25) is 4.90 Å². The number of aromatic nitrogens is 1. The van der Waals surface area contributed by atoms with Gasteiger partial charge in [-0.1, -0.05) is 18.9 Å². The van der Waals surface area contributed by atoms with Gasteiger partial charge in [0.25, 0.3) is 0 Å². The summed E-state index contributed by atoms with van der Waals surface area (Å²) in [5.74, 6) is 0.940. The summed E-state index contributed by atoms with van der Waals surface area (Å²) in [6, 6.07) is 6.74. The molecular weight excluding hydrogens is 238 g/mol. The third kappa shape index (κ3) is 4.18. The molecule has 1 aliphatic rings. The van der Waals surface area contributed by atoms with Crippen molar-refractivity contribution in [2.75, 3.05) is 25.0 Å². The van der Waals surface area contributed by atoms with E-state index >= 15 is 0 Å². The van der Waals surface area contributed by atoms with Gasteiger partial charge in [0.15, 0.2) is 0 Å². The smallest absolute Gasteiger partial charge is 0.126 e. The van der Waals surface area contributed by atoms with Crippen LogP contribution in [0.25, 0.3) is 0 Å². The van der Waals surface area contributed by atoms with Gasteiger partial charge in [-0.2, -0.15) is 0 Å². The Bertz CT molecular complexity index is 377. The summed E-state index contributed by atoms with van der Waals surface area (Å²) in [6.45, 7) is 4.77. The minimum atomic E-state index is 0.226. The molecule has 19 heavy (non-hydrogen) atoms. The van der Waals surface area contributed by atoms with Gasteiger partial charge < -0.3 is 10.4 Å². The molecule has 0 bridgehead atoms. The van der Waals surface area contributed by atoms with Crippen LogP contribution >= 0.6 is 0 Å². The zero-order valence-corrected chi connectivity index (χ0v) is 11.8. The molecule has 4 heteroatoms. The van der Waals surface area contributed by atoms with Crippen molar-refractivity contribution in [3.63, 3.8) is 0 Å². The third-order valence-electron chi connectivity index (χ3n) is 3.76. The van der Waals surface area contributed by atoms with Crippen molar-refractivity contribution in [1.82, 2.24) is 9.88 Å². The lowest BCUT2D eigenvalue weighted by Crippen LogP contribution is -2.35. The summed E-state index contributed by atoms with van der Waals surface area (Å²) < 4.78 is 0. The van der Waals surface area contributed by atoms with Crippen LogP contribution in [0.1, 0.15) is 38.3 Å². The molecule has 0 spiro atoms. The van der Waals surface area contributed by atoms with Crippen molar-refractivity contribution in [2.45, 2.75) is 45.2 Å². The summed E-state index contributed by atoms with van der Waals surface area (Å²) in [5.41, 5.74) is 1.08. The number of anilines is 1. The van der Waals surface area contributed by atoms with Gasteiger partial charge in [0.2, 0.25) is 0 Å².